The smallest absolute Gasteiger partial charge is 0.306 e. The Hall–Kier alpha value is -0.110. The van der Waals surface area contributed by atoms with Crippen LogP contribution in [0, 0.1) is 0 Å². The summed E-state index contributed by atoms with van der Waals surface area (Å²) in [6.45, 7) is 8.23. The molecule has 0 aliphatic rings. The largest absolute Gasteiger partial charge is 0.353 e. The molecular weight excluding hydrogens is 175 g/mol. The van der Waals surface area contributed by atoms with Crippen LogP contribution in [-0.2, 0) is 13.6 Å². The fraction of sp³-hybridized carbons (Fsp3) is 0.750. The molecule has 0 saturated heterocycles. The standard InChI is InChI=1S/C8H17O3P/c1-4-7-10-12(9,6-3)11-8-5-2/h6H,3-5,7-8H2,1-2H3. The van der Waals surface area contributed by atoms with E-state index in [4.69, 9.17) is 9.05 Å². The van der Waals surface area contributed by atoms with Gasteiger partial charge in [0.1, 0.15) is 0 Å². The third kappa shape index (κ3) is 4.70. The Labute approximate surface area is 74.3 Å². The van der Waals surface area contributed by atoms with E-state index in [0.717, 1.165) is 12.8 Å². The molecule has 0 spiro atoms. The zero-order valence-corrected chi connectivity index (χ0v) is 8.68. The predicted octanol–water partition coefficient (Wildman–Crippen LogP) is 3.18. The third-order valence-corrected chi connectivity index (χ3v) is 2.71. The highest BCUT2D eigenvalue weighted by atomic mass is 31.2. The Balaban J connectivity index is 3.87. The highest BCUT2D eigenvalue weighted by Gasteiger charge is 2.18. The van der Waals surface area contributed by atoms with Crippen LogP contribution < -0.4 is 0 Å². The maximum absolute atomic E-state index is 11.5. The minimum Gasteiger partial charge on any atom is -0.306 e. The Morgan fingerprint density at radius 2 is 1.67 bits per heavy atom. The van der Waals surface area contributed by atoms with Gasteiger partial charge in [-0.1, -0.05) is 20.4 Å². The molecule has 0 aromatic heterocycles. The van der Waals surface area contributed by atoms with Crippen molar-refractivity contribution in [1.82, 2.24) is 0 Å². The minimum atomic E-state index is -2.97. The Kier molecular flexibility index (Phi) is 6.35. The van der Waals surface area contributed by atoms with E-state index < -0.39 is 7.60 Å². The number of hydrogen-bond donors (Lipinski definition) is 0. The topological polar surface area (TPSA) is 35.5 Å². The average Bonchev–Trinajstić information content (AvgIpc) is 2.11. The fourth-order valence-corrected chi connectivity index (χ4v) is 1.74. The summed E-state index contributed by atoms with van der Waals surface area (Å²) in [6.07, 6.45) is 1.65. The Bertz CT molecular complexity index is 156. The normalized spacial score (nSPS) is 11.5. The first-order chi connectivity index (χ1) is 5.68. The molecule has 0 radical (unpaired) electrons. The van der Waals surface area contributed by atoms with Gasteiger partial charge in [-0.15, -0.1) is 0 Å². The van der Waals surface area contributed by atoms with E-state index in [0.29, 0.717) is 13.2 Å². The van der Waals surface area contributed by atoms with E-state index in [1.165, 1.54) is 5.82 Å². The van der Waals surface area contributed by atoms with E-state index in [1.54, 1.807) is 0 Å². The second kappa shape index (κ2) is 6.41. The molecule has 0 N–H and O–H groups in total. The first-order valence-electron chi connectivity index (χ1n) is 4.21. The zero-order valence-electron chi connectivity index (χ0n) is 7.78. The van der Waals surface area contributed by atoms with Crippen molar-refractivity contribution in [3.63, 3.8) is 0 Å². The lowest BCUT2D eigenvalue weighted by molar-refractivity contribution is 0.212. The van der Waals surface area contributed by atoms with Gasteiger partial charge in [-0.3, -0.25) is 4.57 Å². The highest BCUT2D eigenvalue weighted by molar-refractivity contribution is 7.57. The lowest BCUT2D eigenvalue weighted by atomic mass is 10.5. The Morgan fingerprint density at radius 3 is 1.92 bits per heavy atom. The van der Waals surface area contributed by atoms with Crippen LogP contribution in [0.25, 0.3) is 0 Å². The van der Waals surface area contributed by atoms with Crippen LogP contribution in [0.15, 0.2) is 12.4 Å². The molecule has 0 heterocycles. The van der Waals surface area contributed by atoms with E-state index in [1.807, 2.05) is 13.8 Å². The van der Waals surface area contributed by atoms with Crippen molar-refractivity contribution in [2.75, 3.05) is 13.2 Å². The molecular formula is C8H17O3P. The molecule has 0 atom stereocenters. The van der Waals surface area contributed by atoms with Gasteiger partial charge in [0, 0.05) is 5.82 Å². The van der Waals surface area contributed by atoms with Crippen LogP contribution in [-0.4, -0.2) is 13.2 Å². The second-order valence-corrected chi connectivity index (χ2v) is 4.35. The molecule has 0 aliphatic carbocycles. The van der Waals surface area contributed by atoms with Crippen molar-refractivity contribution in [3.8, 4) is 0 Å². The van der Waals surface area contributed by atoms with Crippen molar-refractivity contribution >= 4 is 7.60 Å². The van der Waals surface area contributed by atoms with Crippen LogP contribution >= 0.6 is 7.60 Å². The van der Waals surface area contributed by atoms with Gasteiger partial charge in [0.15, 0.2) is 0 Å². The maximum Gasteiger partial charge on any atom is 0.353 e. The molecule has 12 heavy (non-hydrogen) atoms. The SMILES string of the molecule is C=CP(=O)(OCCC)OCCC. The maximum atomic E-state index is 11.5. The van der Waals surface area contributed by atoms with Gasteiger partial charge >= 0.3 is 7.60 Å². The van der Waals surface area contributed by atoms with Crippen molar-refractivity contribution < 1.29 is 13.6 Å². The monoisotopic (exact) mass is 192 g/mol. The molecule has 0 unspecified atom stereocenters. The molecule has 0 amide bonds. The molecule has 0 bridgehead atoms. The highest BCUT2D eigenvalue weighted by Crippen LogP contribution is 2.49. The van der Waals surface area contributed by atoms with E-state index in [2.05, 4.69) is 6.58 Å². The summed E-state index contributed by atoms with van der Waals surface area (Å²) in [5.41, 5.74) is 0. The van der Waals surface area contributed by atoms with Gasteiger partial charge in [-0.05, 0) is 12.8 Å². The van der Waals surface area contributed by atoms with Crippen molar-refractivity contribution in [2.24, 2.45) is 0 Å². The molecule has 0 fully saturated rings. The summed E-state index contributed by atoms with van der Waals surface area (Å²) in [6, 6.07) is 0. The first-order valence-corrected chi connectivity index (χ1v) is 5.82. The summed E-state index contributed by atoms with van der Waals surface area (Å²) < 4.78 is 21.6. The van der Waals surface area contributed by atoms with Crippen LogP contribution in [0.2, 0.25) is 0 Å². The van der Waals surface area contributed by atoms with E-state index in [-0.39, 0.29) is 0 Å². The number of hydrogen-bond acceptors (Lipinski definition) is 3. The average molecular weight is 192 g/mol. The predicted molar refractivity (Wildman–Crippen MR) is 50.3 cm³/mol. The molecule has 0 saturated carbocycles. The van der Waals surface area contributed by atoms with Gasteiger partial charge in [0.25, 0.3) is 0 Å². The van der Waals surface area contributed by atoms with Crippen LogP contribution in [0.5, 0.6) is 0 Å². The number of rotatable bonds is 7. The van der Waals surface area contributed by atoms with Gasteiger partial charge in [-0.25, -0.2) is 0 Å². The van der Waals surface area contributed by atoms with Gasteiger partial charge in [0.05, 0.1) is 13.2 Å². The quantitative estimate of drug-likeness (QED) is 0.581. The molecule has 72 valence electrons. The summed E-state index contributed by atoms with van der Waals surface area (Å²) in [5.74, 6) is 1.26. The summed E-state index contributed by atoms with van der Waals surface area (Å²) >= 11 is 0. The first kappa shape index (κ1) is 11.9. The third-order valence-electron chi connectivity index (χ3n) is 1.17. The minimum absolute atomic E-state index is 0.451. The van der Waals surface area contributed by atoms with Crippen molar-refractivity contribution in [2.45, 2.75) is 26.7 Å². The summed E-state index contributed by atoms with van der Waals surface area (Å²) in [5, 5.41) is 0. The second-order valence-electron chi connectivity index (χ2n) is 2.39. The molecule has 4 heteroatoms. The lowest BCUT2D eigenvalue weighted by Gasteiger charge is -2.13. The molecule has 0 aromatic rings. The van der Waals surface area contributed by atoms with Crippen LogP contribution in [0.4, 0.5) is 0 Å². The van der Waals surface area contributed by atoms with Gasteiger partial charge < -0.3 is 9.05 Å². The van der Waals surface area contributed by atoms with Crippen molar-refractivity contribution in [3.05, 3.63) is 12.4 Å². The van der Waals surface area contributed by atoms with Crippen LogP contribution in [0.1, 0.15) is 26.7 Å². The summed E-state index contributed by atoms with van der Waals surface area (Å²) in [7, 11) is -2.97. The van der Waals surface area contributed by atoms with Crippen molar-refractivity contribution in [1.29, 1.82) is 0 Å². The fourth-order valence-electron chi connectivity index (χ4n) is 0.580. The summed E-state index contributed by atoms with van der Waals surface area (Å²) in [4.78, 5) is 0. The van der Waals surface area contributed by atoms with E-state index in [9.17, 15) is 4.57 Å². The molecule has 0 rings (SSSR count). The van der Waals surface area contributed by atoms with Gasteiger partial charge in [-0.2, -0.15) is 0 Å². The molecule has 0 aromatic carbocycles. The lowest BCUT2D eigenvalue weighted by Crippen LogP contribution is -1.95. The molecule has 3 nitrogen and oxygen atoms in total. The zero-order chi connectivity index (χ0) is 9.45. The van der Waals surface area contributed by atoms with Crippen LogP contribution in [0.3, 0.4) is 0 Å². The molecule has 0 aliphatic heterocycles. The van der Waals surface area contributed by atoms with Gasteiger partial charge in [0.2, 0.25) is 0 Å². The Morgan fingerprint density at radius 1 is 1.25 bits per heavy atom. The van der Waals surface area contributed by atoms with E-state index >= 15 is 0 Å².